The van der Waals surface area contributed by atoms with Gasteiger partial charge in [-0.2, -0.15) is 0 Å². The smallest absolute Gasteiger partial charge is 0.242 e. The van der Waals surface area contributed by atoms with Crippen molar-refractivity contribution in [1.82, 2.24) is 5.32 Å². The van der Waals surface area contributed by atoms with Gasteiger partial charge in [-0.15, -0.1) is 0 Å². The van der Waals surface area contributed by atoms with Crippen molar-refractivity contribution in [3.8, 4) is 11.5 Å². The number of amides is 1. The van der Waals surface area contributed by atoms with Gasteiger partial charge >= 0.3 is 0 Å². The van der Waals surface area contributed by atoms with Gasteiger partial charge in [0.2, 0.25) is 5.91 Å². The Morgan fingerprint density at radius 3 is 2.50 bits per heavy atom. The van der Waals surface area contributed by atoms with E-state index in [0.29, 0.717) is 11.8 Å². The van der Waals surface area contributed by atoms with Crippen LogP contribution in [0.3, 0.4) is 0 Å². The third-order valence-corrected chi connectivity index (χ3v) is 3.55. The zero-order valence-electron chi connectivity index (χ0n) is 12.6. The molecule has 1 amide bonds. The van der Waals surface area contributed by atoms with Crippen molar-refractivity contribution >= 4 is 11.6 Å². The Labute approximate surface area is 130 Å². The maximum Gasteiger partial charge on any atom is 0.242 e. The number of hydrogen-bond donors (Lipinski definition) is 2. The lowest BCUT2D eigenvalue weighted by Gasteiger charge is -2.18. The minimum atomic E-state index is -0.305. The molecule has 0 heterocycles. The van der Waals surface area contributed by atoms with E-state index in [1.807, 2.05) is 61.5 Å². The molecule has 1 atom stereocenters. The second-order valence-electron chi connectivity index (χ2n) is 5.56. The van der Waals surface area contributed by atoms with E-state index in [2.05, 4.69) is 10.6 Å². The van der Waals surface area contributed by atoms with Gasteiger partial charge in [-0.05, 0) is 44.0 Å². The molecule has 4 heteroatoms. The van der Waals surface area contributed by atoms with Crippen LogP contribution in [-0.4, -0.2) is 18.0 Å². The molecule has 1 aliphatic carbocycles. The van der Waals surface area contributed by atoms with Gasteiger partial charge in [0, 0.05) is 6.04 Å². The maximum atomic E-state index is 12.1. The summed E-state index contributed by atoms with van der Waals surface area (Å²) < 4.78 is 5.89. The maximum absolute atomic E-state index is 12.1. The van der Waals surface area contributed by atoms with Gasteiger partial charge < -0.3 is 15.4 Å². The fraction of sp³-hybridized carbons (Fsp3) is 0.278. The first-order chi connectivity index (χ1) is 10.7. The monoisotopic (exact) mass is 296 g/mol. The molecule has 2 aromatic carbocycles. The number of para-hydroxylation sites is 3. The minimum absolute atomic E-state index is 0.0250. The lowest BCUT2D eigenvalue weighted by molar-refractivity contribution is -0.121. The third kappa shape index (κ3) is 3.79. The highest BCUT2D eigenvalue weighted by Crippen LogP contribution is 2.29. The van der Waals surface area contributed by atoms with Crippen LogP contribution in [0.1, 0.15) is 19.8 Å². The highest BCUT2D eigenvalue weighted by molar-refractivity contribution is 5.85. The van der Waals surface area contributed by atoms with Crippen molar-refractivity contribution in [3.05, 3.63) is 54.6 Å². The first-order valence-electron chi connectivity index (χ1n) is 7.61. The molecular weight excluding hydrogens is 276 g/mol. The quantitative estimate of drug-likeness (QED) is 0.857. The number of hydrogen-bond acceptors (Lipinski definition) is 3. The summed E-state index contributed by atoms with van der Waals surface area (Å²) in [6.07, 6.45) is 2.18. The molecule has 0 spiro atoms. The lowest BCUT2D eigenvalue weighted by atomic mass is 10.2. The van der Waals surface area contributed by atoms with Crippen LogP contribution in [0.2, 0.25) is 0 Å². The van der Waals surface area contributed by atoms with E-state index in [9.17, 15) is 4.79 Å². The van der Waals surface area contributed by atoms with Crippen molar-refractivity contribution < 1.29 is 9.53 Å². The van der Waals surface area contributed by atoms with Crippen LogP contribution in [0.5, 0.6) is 11.5 Å². The molecule has 4 nitrogen and oxygen atoms in total. The van der Waals surface area contributed by atoms with Crippen LogP contribution in [-0.2, 0) is 4.79 Å². The second kappa shape index (κ2) is 6.52. The largest absolute Gasteiger partial charge is 0.455 e. The Balaban J connectivity index is 1.69. The summed E-state index contributed by atoms with van der Waals surface area (Å²) >= 11 is 0. The summed E-state index contributed by atoms with van der Waals surface area (Å²) in [5.41, 5.74) is 0.810. The van der Waals surface area contributed by atoms with Gasteiger partial charge in [-0.3, -0.25) is 4.79 Å². The SMILES string of the molecule is CC(Nc1ccccc1Oc1ccccc1)C(=O)NC1CC1. The van der Waals surface area contributed by atoms with E-state index in [1.54, 1.807) is 0 Å². The zero-order chi connectivity index (χ0) is 15.4. The van der Waals surface area contributed by atoms with Gasteiger partial charge in [0.1, 0.15) is 11.8 Å². The molecule has 114 valence electrons. The number of nitrogens with one attached hydrogen (secondary N) is 2. The molecule has 1 aliphatic rings. The summed E-state index contributed by atoms with van der Waals surface area (Å²) in [6.45, 7) is 1.86. The van der Waals surface area contributed by atoms with Crippen LogP contribution < -0.4 is 15.4 Å². The van der Waals surface area contributed by atoms with E-state index in [-0.39, 0.29) is 11.9 Å². The highest BCUT2D eigenvalue weighted by Gasteiger charge is 2.25. The number of carbonyl (C=O) groups is 1. The summed E-state index contributed by atoms with van der Waals surface area (Å²) in [6, 6.07) is 17.3. The summed E-state index contributed by atoms with van der Waals surface area (Å²) in [7, 11) is 0. The molecule has 0 bridgehead atoms. The Morgan fingerprint density at radius 2 is 1.77 bits per heavy atom. The molecule has 1 fully saturated rings. The van der Waals surface area contributed by atoms with Gasteiger partial charge in [-0.25, -0.2) is 0 Å². The molecule has 2 N–H and O–H groups in total. The lowest BCUT2D eigenvalue weighted by Crippen LogP contribution is -2.38. The normalized spacial score (nSPS) is 15.0. The summed E-state index contributed by atoms with van der Waals surface area (Å²) in [5.74, 6) is 1.50. The van der Waals surface area contributed by atoms with Crippen LogP contribution in [0.25, 0.3) is 0 Å². The zero-order valence-corrected chi connectivity index (χ0v) is 12.6. The van der Waals surface area contributed by atoms with E-state index in [0.717, 1.165) is 24.3 Å². The second-order valence-corrected chi connectivity index (χ2v) is 5.56. The van der Waals surface area contributed by atoms with Crippen LogP contribution in [0.4, 0.5) is 5.69 Å². The standard InChI is InChI=1S/C18H20N2O2/c1-13(18(21)20-14-11-12-14)19-16-9-5-6-10-17(16)22-15-7-3-2-4-8-15/h2-10,13-14,19H,11-12H2,1H3,(H,20,21). The van der Waals surface area contributed by atoms with Gasteiger partial charge in [-0.1, -0.05) is 30.3 Å². The van der Waals surface area contributed by atoms with E-state index in [4.69, 9.17) is 4.74 Å². The molecule has 0 radical (unpaired) electrons. The average Bonchev–Trinajstić information content (AvgIpc) is 3.34. The molecule has 0 saturated heterocycles. The van der Waals surface area contributed by atoms with Gasteiger partial charge in [0.05, 0.1) is 5.69 Å². The van der Waals surface area contributed by atoms with Crippen molar-refractivity contribution in [2.45, 2.75) is 31.8 Å². The van der Waals surface area contributed by atoms with Crippen molar-refractivity contribution in [2.75, 3.05) is 5.32 Å². The fourth-order valence-electron chi connectivity index (χ4n) is 2.14. The van der Waals surface area contributed by atoms with E-state index < -0.39 is 0 Å². The number of carbonyl (C=O) groups excluding carboxylic acids is 1. The average molecular weight is 296 g/mol. The number of ether oxygens (including phenoxy) is 1. The van der Waals surface area contributed by atoms with Crippen LogP contribution in [0, 0.1) is 0 Å². The van der Waals surface area contributed by atoms with E-state index in [1.165, 1.54) is 0 Å². The summed E-state index contributed by atoms with van der Waals surface area (Å²) in [4.78, 5) is 12.1. The molecule has 1 unspecified atom stereocenters. The van der Waals surface area contributed by atoms with Crippen molar-refractivity contribution in [3.63, 3.8) is 0 Å². The molecule has 1 saturated carbocycles. The molecule has 0 aromatic heterocycles. The van der Waals surface area contributed by atoms with Gasteiger partial charge in [0.25, 0.3) is 0 Å². The Bertz CT molecular complexity index is 639. The Hall–Kier alpha value is -2.49. The molecule has 22 heavy (non-hydrogen) atoms. The van der Waals surface area contributed by atoms with Crippen molar-refractivity contribution in [1.29, 1.82) is 0 Å². The molecule has 0 aliphatic heterocycles. The summed E-state index contributed by atoms with van der Waals surface area (Å²) in [5, 5.41) is 6.23. The molecule has 2 aromatic rings. The Kier molecular flexibility index (Phi) is 4.28. The first kappa shape index (κ1) is 14.4. The predicted octanol–water partition coefficient (Wildman–Crippen LogP) is 3.56. The van der Waals surface area contributed by atoms with Crippen LogP contribution in [0.15, 0.2) is 54.6 Å². The molecule has 3 rings (SSSR count). The predicted molar refractivity (Wildman–Crippen MR) is 87.2 cm³/mol. The third-order valence-electron chi connectivity index (χ3n) is 3.55. The first-order valence-corrected chi connectivity index (χ1v) is 7.61. The van der Waals surface area contributed by atoms with Crippen molar-refractivity contribution in [2.24, 2.45) is 0 Å². The molecular formula is C18H20N2O2. The number of benzene rings is 2. The topological polar surface area (TPSA) is 50.4 Å². The van der Waals surface area contributed by atoms with E-state index >= 15 is 0 Å². The Morgan fingerprint density at radius 1 is 1.09 bits per heavy atom. The van der Waals surface area contributed by atoms with Gasteiger partial charge in [0.15, 0.2) is 5.75 Å². The number of anilines is 1. The van der Waals surface area contributed by atoms with Crippen LogP contribution >= 0.6 is 0 Å². The minimum Gasteiger partial charge on any atom is -0.455 e. The number of rotatable bonds is 6. The highest BCUT2D eigenvalue weighted by atomic mass is 16.5. The fourth-order valence-corrected chi connectivity index (χ4v) is 2.14.